The maximum Gasteiger partial charge on any atom is 0.323 e. The van der Waals surface area contributed by atoms with Gasteiger partial charge in [-0.05, 0) is 54.4 Å². The van der Waals surface area contributed by atoms with E-state index in [1.165, 1.54) is 11.8 Å². The van der Waals surface area contributed by atoms with Crippen LogP contribution < -0.4 is 20.7 Å². The Labute approximate surface area is 175 Å². The third-order valence-corrected chi connectivity index (χ3v) is 4.29. The molecule has 3 rings (SSSR count). The lowest BCUT2D eigenvalue weighted by Gasteiger charge is -2.10. The molecule has 3 amide bonds. The number of hydrogen-bond donors (Lipinski definition) is 3. The van der Waals surface area contributed by atoms with Crippen molar-refractivity contribution in [3.8, 4) is 11.5 Å². The summed E-state index contributed by atoms with van der Waals surface area (Å²) < 4.78 is 5.75. The van der Waals surface area contributed by atoms with Crippen molar-refractivity contribution in [2.75, 3.05) is 17.7 Å². The van der Waals surface area contributed by atoms with Crippen LogP contribution in [-0.4, -0.2) is 24.0 Å². The van der Waals surface area contributed by atoms with Crippen molar-refractivity contribution >= 4 is 23.3 Å². The first-order valence-corrected chi connectivity index (χ1v) is 9.70. The second-order valence-electron chi connectivity index (χ2n) is 6.61. The van der Waals surface area contributed by atoms with Gasteiger partial charge in [-0.15, -0.1) is 0 Å². The van der Waals surface area contributed by atoms with E-state index in [1.54, 1.807) is 43.4 Å². The van der Waals surface area contributed by atoms with Gasteiger partial charge in [-0.25, -0.2) is 4.79 Å². The van der Waals surface area contributed by atoms with Crippen LogP contribution in [0.2, 0.25) is 0 Å². The number of aryl methyl sites for hydroxylation is 1. The molecule has 1 aromatic heterocycles. The predicted molar refractivity (Wildman–Crippen MR) is 117 cm³/mol. The minimum Gasteiger partial charge on any atom is -0.457 e. The molecule has 3 aromatic rings. The summed E-state index contributed by atoms with van der Waals surface area (Å²) in [6.45, 7) is 2.13. The van der Waals surface area contributed by atoms with E-state index in [2.05, 4.69) is 27.9 Å². The molecule has 0 saturated heterocycles. The van der Waals surface area contributed by atoms with Gasteiger partial charge < -0.3 is 20.7 Å². The maximum absolute atomic E-state index is 12.2. The number of nitrogens with zero attached hydrogens (tertiary/aromatic N) is 1. The third kappa shape index (κ3) is 5.81. The molecule has 3 N–H and O–H groups in total. The molecular weight excluding hydrogens is 380 g/mol. The normalized spacial score (nSPS) is 10.2. The van der Waals surface area contributed by atoms with Gasteiger partial charge in [0.2, 0.25) is 0 Å². The first-order chi connectivity index (χ1) is 14.6. The lowest BCUT2D eigenvalue weighted by molar-refractivity contribution is 0.0958. The molecule has 0 aliphatic rings. The fourth-order valence-corrected chi connectivity index (χ4v) is 2.81. The molecule has 0 aliphatic heterocycles. The summed E-state index contributed by atoms with van der Waals surface area (Å²) in [5.74, 6) is 0.779. The predicted octanol–water partition coefficient (Wildman–Crippen LogP) is 4.83. The Kier molecular flexibility index (Phi) is 7.00. The number of benzene rings is 2. The van der Waals surface area contributed by atoms with Crippen molar-refractivity contribution in [3.05, 3.63) is 78.1 Å². The first kappa shape index (κ1) is 20.9. The fourth-order valence-electron chi connectivity index (χ4n) is 2.81. The number of aromatic nitrogens is 1. The van der Waals surface area contributed by atoms with Crippen LogP contribution in [0.25, 0.3) is 0 Å². The van der Waals surface area contributed by atoms with E-state index in [-0.39, 0.29) is 17.6 Å². The Morgan fingerprint density at radius 1 is 0.900 bits per heavy atom. The highest BCUT2D eigenvalue weighted by molar-refractivity contribution is 5.99. The zero-order chi connectivity index (χ0) is 21.3. The van der Waals surface area contributed by atoms with Gasteiger partial charge in [-0.1, -0.05) is 25.5 Å². The third-order valence-electron chi connectivity index (χ3n) is 4.29. The van der Waals surface area contributed by atoms with Gasteiger partial charge in [0.05, 0.1) is 0 Å². The summed E-state index contributed by atoms with van der Waals surface area (Å²) in [6, 6.07) is 17.6. The zero-order valence-electron chi connectivity index (χ0n) is 16.9. The van der Waals surface area contributed by atoms with Gasteiger partial charge >= 0.3 is 6.03 Å². The molecule has 0 radical (unpaired) electrons. The average molecular weight is 404 g/mol. The molecule has 0 bridgehead atoms. The Morgan fingerprint density at radius 3 is 2.13 bits per heavy atom. The number of pyridine rings is 1. The molecule has 1 heterocycles. The van der Waals surface area contributed by atoms with E-state index in [0.29, 0.717) is 17.2 Å². The van der Waals surface area contributed by atoms with E-state index >= 15 is 0 Å². The number of anilines is 2. The fraction of sp³-hybridized carbons (Fsp3) is 0.174. The van der Waals surface area contributed by atoms with Crippen LogP contribution in [0.1, 0.15) is 29.4 Å². The number of carbonyl (C=O) groups excluding carboxylic acids is 2. The molecular formula is C23H24N4O3. The lowest BCUT2D eigenvalue weighted by atomic mass is 10.1. The Hall–Kier alpha value is -3.87. The number of rotatable bonds is 7. The maximum atomic E-state index is 12.2. The molecule has 0 fully saturated rings. The molecule has 0 atom stereocenters. The second kappa shape index (κ2) is 10.1. The van der Waals surface area contributed by atoms with Crippen molar-refractivity contribution < 1.29 is 14.3 Å². The number of urea groups is 1. The highest BCUT2D eigenvalue weighted by Crippen LogP contribution is 2.23. The Balaban J connectivity index is 1.56. The topological polar surface area (TPSA) is 92.3 Å². The van der Waals surface area contributed by atoms with Crippen LogP contribution in [0.15, 0.2) is 66.9 Å². The van der Waals surface area contributed by atoms with Crippen molar-refractivity contribution in [2.45, 2.75) is 19.8 Å². The number of nitrogens with one attached hydrogen (secondary N) is 3. The molecule has 0 aliphatic carbocycles. The molecule has 30 heavy (non-hydrogen) atoms. The SMILES string of the molecule is CCCc1ccc(NC(=O)Nc2ccc(Oc3ccnc(C(=O)NC)c3)cc2)cc1. The molecule has 7 nitrogen and oxygen atoms in total. The summed E-state index contributed by atoms with van der Waals surface area (Å²) >= 11 is 0. The highest BCUT2D eigenvalue weighted by atomic mass is 16.5. The van der Waals surface area contributed by atoms with E-state index in [4.69, 9.17) is 4.74 Å². The summed E-state index contributed by atoms with van der Waals surface area (Å²) in [5.41, 5.74) is 2.88. The molecule has 7 heteroatoms. The zero-order valence-corrected chi connectivity index (χ0v) is 16.9. The number of carbonyl (C=O) groups is 2. The van der Waals surface area contributed by atoms with Crippen molar-refractivity contribution in [1.29, 1.82) is 0 Å². The van der Waals surface area contributed by atoms with Crippen LogP contribution in [0, 0.1) is 0 Å². The van der Waals surface area contributed by atoms with Crippen LogP contribution in [0.5, 0.6) is 11.5 Å². The molecule has 154 valence electrons. The van der Waals surface area contributed by atoms with Crippen LogP contribution in [0.3, 0.4) is 0 Å². The van der Waals surface area contributed by atoms with E-state index in [0.717, 1.165) is 18.5 Å². The largest absolute Gasteiger partial charge is 0.457 e. The summed E-state index contributed by atoms with van der Waals surface area (Å²) in [7, 11) is 1.54. The smallest absolute Gasteiger partial charge is 0.323 e. The lowest BCUT2D eigenvalue weighted by Crippen LogP contribution is -2.19. The minimum atomic E-state index is -0.323. The second-order valence-corrected chi connectivity index (χ2v) is 6.61. The summed E-state index contributed by atoms with van der Waals surface area (Å²) in [5, 5.41) is 8.12. The highest BCUT2D eigenvalue weighted by Gasteiger charge is 2.07. The molecule has 0 spiro atoms. The summed E-state index contributed by atoms with van der Waals surface area (Å²) in [6.07, 6.45) is 3.62. The number of hydrogen-bond acceptors (Lipinski definition) is 4. The van der Waals surface area contributed by atoms with Gasteiger partial charge in [0.25, 0.3) is 5.91 Å². The van der Waals surface area contributed by atoms with Gasteiger partial charge in [0, 0.05) is 30.7 Å². The van der Waals surface area contributed by atoms with E-state index < -0.39 is 0 Å². The van der Waals surface area contributed by atoms with Crippen LogP contribution >= 0.6 is 0 Å². The summed E-state index contributed by atoms with van der Waals surface area (Å²) in [4.78, 5) is 27.9. The van der Waals surface area contributed by atoms with Gasteiger partial charge in [-0.3, -0.25) is 9.78 Å². The molecule has 0 saturated carbocycles. The quantitative estimate of drug-likeness (QED) is 0.526. The van der Waals surface area contributed by atoms with Crippen molar-refractivity contribution in [2.24, 2.45) is 0 Å². The van der Waals surface area contributed by atoms with Crippen LogP contribution in [-0.2, 0) is 6.42 Å². The van der Waals surface area contributed by atoms with E-state index in [1.807, 2.05) is 24.3 Å². The van der Waals surface area contributed by atoms with Crippen molar-refractivity contribution in [3.63, 3.8) is 0 Å². The first-order valence-electron chi connectivity index (χ1n) is 9.70. The van der Waals surface area contributed by atoms with Gasteiger partial charge in [-0.2, -0.15) is 0 Å². The average Bonchev–Trinajstić information content (AvgIpc) is 2.76. The molecule has 2 aromatic carbocycles. The van der Waals surface area contributed by atoms with E-state index in [9.17, 15) is 9.59 Å². The standard InChI is InChI=1S/C23H24N4O3/c1-3-4-16-5-7-17(8-6-16)26-23(29)27-18-9-11-19(12-10-18)30-20-13-14-25-21(15-20)22(28)24-2/h5-15H,3-4H2,1-2H3,(H,24,28)(H2,26,27,29). The van der Waals surface area contributed by atoms with Crippen molar-refractivity contribution in [1.82, 2.24) is 10.3 Å². The Morgan fingerprint density at radius 2 is 1.53 bits per heavy atom. The minimum absolute atomic E-state index is 0.271. The van der Waals surface area contributed by atoms with Crippen LogP contribution in [0.4, 0.5) is 16.2 Å². The monoisotopic (exact) mass is 404 g/mol. The Bertz CT molecular complexity index is 1000. The number of amides is 3. The van der Waals surface area contributed by atoms with Gasteiger partial charge in [0.15, 0.2) is 0 Å². The number of ether oxygens (including phenoxy) is 1. The molecule has 0 unspecified atom stereocenters. The van der Waals surface area contributed by atoms with Gasteiger partial charge in [0.1, 0.15) is 17.2 Å².